The third-order valence-corrected chi connectivity index (χ3v) is 3.86. The van der Waals surface area contributed by atoms with Crippen molar-refractivity contribution in [3.63, 3.8) is 0 Å². The van der Waals surface area contributed by atoms with E-state index in [1.54, 1.807) is 0 Å². The lowest BCUT2D eigenvalue weighted by Gasteiger charge is -2.33. The second kappa shape index (κ2) is 11.1. The summed E-state index contributed by atoms with van der Waals surface area (Å²) in [5.74, 6) is 7.05. The van der Waals surface area contributed by atoms with Gasteiger partial charge in [0.1, 0.15) is 0 Å². The first-order valence-corrected chi connectivity index (χ1v) is 8.74. The van der Waals surface area contributed by atoms with Gasteiger partial charge >= 0.3 is 0 Å². The van der Waals surface area contributed by atoms with Crippen LogP contribution in [0, 0.1) is 17.8 Å². The molecule has 0 aromatic carbocycles. The zero-order chi connectivity index (χ0) is 15.5. The molecule has 1 N–H and O–H groups in total. The second-order valence-corrected chi connectivity index (χ2v) is 6.76. The number of nitrogens with one attached hydrogen (secondary N) is 1. The van der Waals surface area contributed by atoms with Gasteiger partial charge in [-0.1, -0.05) is 46.0 Å². The van der Waals surface area contributed by atoms with Gasteiger partial charge in [0, 0.05) is 38.1 Å². The number of unbranched alkanes of at least 4 members (excludes halogenated alkanes) is 2. The zero-order valence-electron chi connectivity index (χ0n) is 14.6. The molecule has 0 bridgehead atoms. The molecule has 21 heavy (non-hydrogen) atoms. The Morgan fingerprint density at radius 1 is 0.905 bits per heavy atom. The van der Waals surface area contributed by atoms with Gasteiger partial charge in [-0.25, -0.2) is 0 Å². The first kappa shape index (κ1) is 18.5. The van der Waals surface area contributed by atoms with E-state index in [2.05, 4.69) is 54.7 Å². The van der Waals surface area contributed by atoms with Gasteiger partial charge in [0.25, 0.3) is 0 Å². The van der Waals surface area contributed by atoms with Gasteiger partial charge < -0.3 is 10.2 Å². The predicted molar refractivity (Wildman–Crippen MR) is 92.5 cm³/mol. The SMILES string of the molecule is CC(C)C#CCN1CCN(CCCCCNC(C)C)CC1. The fourth-order valence-electron chi connectivity index (χ4n) is 2.56. The van der Waals surface area contributed by atoms with Crippen LogP contribution in [0.4, 0.5) is 0 Å². The summed E-state index contributed by atoms with van der Waals surface area (Å²) >= 11 is 0. The van der Waals surface area contributed by atoms with E-state index in [0.29, 0.717) is 12.0 Å². The van der Waals surface area contributed by atoms with Crippen LogP contribution in [0.2, 0.25) is 0 Å². The molecule has 0 unspecified atom stereocenters. The number of piperazine rings is 1. The van der Waals surface area contributed by atoms with E-state index in [1.807, 2.05) is 0 Å². The molecule has 3 heteroatoms. The number of rotatable bonds is 8. The molecular weight excluding hydrogens is 258 g/mol. The molecule has 1 rings (SSSR count). The van der Waals surface area contributed by atoms with E-state index in [9.17, 15) is 0 Å². The molecule has 1 saturated heterocycles. The molecule has 0 amide bonds. The summed E-state index contributed by atoms with van der Waals surface area (Å²) in [4.78, 5) is 5.10. The van der Waals surface area contributed by atoms with Crippen molar-refractivity contribution in [3.05, 3.63) is 0 Å². The van der Waals surface area contributed by atoms with Crippen molar-refractivity contribution in [1.29, 1.82) is 0 Å². The minimum Gasteiger partial charge on any atom is -0.315 e. The lowest BCUT2D eigenvalue weighted by atomic mass is 10.2. The molecule has 0 atom stereocenters. The van der Waals surface area contributed by atoms with Gasteiger partial charge in [0.15, 0.2) is 0 Å². The molecule has 3 nitrogen and oxygen atoms in total. The van der Waals surface area contributed by atoms with E-state index in [1.165, 1.54) is 58.5 Å². The van der Waals surface area contributed by atoms with Crippen LogP contribution in [0.15, 0.2) is 0 Å². The topological polar surface area (TPSA) is 18.5 Å². The van der Waals surface area contributed by atoms with Crippen LogP contribution in [-0.2, 0) is 0 Å². The molecule has 0 aromatic rings. The lowest BCUT2D eigenvalue weighted by Crippen LogP contribution is -2.46. The Balaban J connectivity index is 2.00. The summed E-state index contributed by atoms with van der Waals surface area (Å²) in [6.07, 6.45) is 4.00. The average molecular weight is 293 g/mol. The molecule has 1 heterocycles. The van der Waals surface area contributed by atoms with Crippen molar-refractivity contribution in [1.82, 2.24) is 15.1 Å². The summed E-state index contributed by atoms with van der Waals surface area (Å²) in [7, 11) is 0. The quantitative estimate of drug-likeness (QED) is 0.548. The predicted octanol–water partition coefficient (Wildman–Crippen LogP) is 2.43. The van der Waals surface area contributed by atoms with Crippen LogP contribution >= 0.6 is 0 Å². The lowest BCUT2D eigenvalue weighted by molar-refractivity contribution is 0.142. The molecule has 1 fully saturated rings. The van der Waals surface area contributed by atoms with Crippen LogP contribution in [0.3, 0.4) is 0 Å². The minimum absolute atomic E-state index is 0.497. The van der Waals surface area contributed by atoms with Gasteiger partial charge in [-0.05, 0) is 25.9 Å². The summed E-state index contributed by atoms with van der Waals surface area (Å²) < 4.78 is 0. The van der Waals surface area contributed by atoms with Gasteiger partial charge in [0.2, 0.25) is 0 Å². The smallest absolute Gasteiger partial charge is 0.0602 e. The first-order chi connectivity index (χ1) is 10.1. The highest BCUT2D eigenvalue weighted by Gasteiger charge is 2.15. The largest absolute Gasteiger partial charge is 0.315 e. The van der Waals surface area contributed by atoms with Crippen LogP contribution in [0.25, 0.3) is 0 Å². The highest BCUT2D eigenvalue weighted by Crippen LogP contribution is 2.04. The monoisotopic (exact) mass is 293 g/mol. The van der Waals surface area contributed by atoms with Crippen LogP contribution < -0.4 is 5.32 Å². The molecule has 1 aliphatic rings. The van der Waals surface area contributed by atoms with Crippen LogP contribution in [-0.4, -0.2) is 61.7 Å². The zero-order valence-corrected chi connectivity index (χ0v) is 14.6. The Morgan fingerprint density at radius 3 is 2.19 bits per heavy atom. The maximum Gasteiger partial charge on any atom is 0.0602 e. The number of nitrogens with zero attached hydrogens (tertiary/aromatic N) is 2. The third-order valence-electron chi connectivity index (χ3n) is 3.86. The van der Waals surface area contributed by atoms with E-state index < -0.39 is 0 Å². The average Bonchev–Trinajstić information content (AvgIpc) is 2.43. The molecule has 0 aromatic heterocycles. The maximum atomic E-state index is 3.48. The van der Waals surface area contributed by atoms with E-state index >= 15 is 0 Å². The van der Waals surface area contributed by atoms with E-state index in [4.69, 9.17) is 0 Å². The number of hydrogen-bond donors (Lipinski definition) is 1. The summed E-state index contributed by atoms with van der Waals surface area (Å²) in [5, 5.41) is 3.48. The Bertz CT molecular complexity index is 306. The van der Waals surface area contributed by atoms with Gasteiger partial charge in [0.05, 0.1) is 6.54 Å². The summed E-state index contributed by atoms with van der Waals surface area (Å²) in [5.41, 5.74) is 0. The second-order valence-electron chi connectivity index (χ2n) is 6.76. The van der Waals surface area contributed by atoms with E-state index in [0.717, 1.165) is 6.54 Å². The molecule has 1 aliphatic heterocycles. The highest BCUT2D eigenvalue weighted by molar-refractivity contribution is 5.03. The van der Waals surface area contributed by atoms with Crippen molar-refractivity contribution in [2.45, 2.75) is 53.0 Å². The van der Waals surface area contributed by atoms with Crippen LogP contribution in [0.1, 0.15) is 47.0 Å². The highest BCUT2D eigenvalue weighted by atomic mass is 15.3. The van der Waals surface area contributed by atoms with Crippen LogP contribution in [0.5, 0.6) is 0 Å². The van der Waals surface area contributed by atoms with Crippen molar-refractivity contribution in [2.75, 3.05) is 45.8 Å². The minimum atomic E-state index is 0.497. The maximum absolute atomic E-state index is 3.48. The standard InChI is InChI=1S/C18H35N3/c1-17(2)9-8-12-21-15-13-20(14-16-21)11-7-5-6-10-19-18(3)4/h17-19H,5-7,10-16H2,1-4H3. The fourth-order valence-corrected chi connectivity index (χ4v) is 2.56. The van der Waals surface area contributed by atoms with Crippen molar-refractivity contribution >= 4 is 0 Å². The summed E-state index contributed by atoms with van der Waals surface area (Å²) in [6.45, 7) is 16.9. The van der Waals surface area contributed by atoms with Crippen molar-refractivity contribution in [3.8, 4) is 11.8 Å². The Hall–Kier alpha value is -0.560. The fraction of sp³-hybridized carbons (Fsp3) is 0.889. The van der Waals surface area contributed by atoms with E-state index in [-0.39, 0.29) is 0 Å². The van der Waals surface area contributed by atoms with Gasteiger partial charge in [-0.15, -0.1) is 0 Å². The number of hydrogen-bond acceptors (Lipinski definition) is 3. The molecule has 0 radical (unpaired) electrons. The molecule has 0 aliphatic carbocycles. The Labute approximate surface area is 132 Å². The molecule has 0 saturated carbocycles. The molecular formula is C18H35N3. The molecule has 0 spiro atoms. The third kappa shape index (κ3) is 9.90. The first-order valence-electron chi connectivity index (χ1n) is 8.74. The Morgan fingerprint density at radius 2 is 1.57 bits per heavy atom. The van der Waals surface area contributed by atoms with Gasteiger partial charge in [-0.2, -0.15) is 0 Å². The molecule has 122 valence electrons. The normalized spacial score (nSPS) is 17.2. The van der Waals surface area contributed by atoms with Crippen molar-refractivity contribution in [2.24, 2.45) is 5.92 Å². The van der Waals surface area contributed by atoms with Gasteiger partial charge in [-0.3, -0.25) is 4.90 Å². The Kier molecular flexibility index (Phi) is 9.74. The summed E-state index contributed by atoms with van der Waals surface area (Å²) in [6, 6.07) is 0.622. The van der Waals surface area contributed by atoms with Crippen molar-refractivity contribution < 1.29 is 0 Å².